The highest BCUT2D eigenvalue weighted by atomic mass is 16.5. The van der Waals surface area contributed by atoms with Crippen molar-refractivity contribution in [1.29, 1.82) is 0 Å². The van der Waals surface area contributed by atoms with Crippen LogP contribution in [-0.2, 0) is 0 Å². The summed E-state index contributed by atoms with van der Waals surface area (Å²) >= 11 is 0. The van der Waals surface area contributed by atoms with Gasteiger partial charge in [-0.1, -0.05) is 0 Å². The second kappa shape index (κ2) is 3.92. The molecule has 0 saturated carbocycles. The first-order valence-electron chi connectivity index (χ1n) is 4.79. The Kier molecular flexibility index (Phi) is 2.62. The van der Waals surface area contributed by atoms with Crippen molar-refractivity contribution in [2.24, 2.45) is 5.73 Å². The lowest BCUT2D eigenvalue weighted by molar-refractivity contribution is 0.188. The van der Waals surface area contributed by atoms with Gasteiger partial charge in [-0.25, -0.2) is 0 Å². The van der Waals surface area contributed by atoms with E-state index in [2.05, 4.69) is 4.98 Å². The molecule has 0 fully saturated rings. The summed E-state index contributed by atoms with van der Waals surface area (Å²) in [7, 11) is 1.62. The number of aliphatic hydroxyl groups excluding tert-OH is 1. The molecular weight excluding hydrogens is 192 g/mol. The standard InChI is InChI=1S/C11H14N2O2/c1-15-7-2-3-10-8(4-7)9(6-13-10)11(14)5-12/h2-4,6,11,13-14H,5,12H2,1H3/t11-/m1/s1. The molecule has 1 aromatic carbocycles. The number of fused-ring (bicyclic) bond motifs is 1. The maximum Gasteiger partial charge on any atom is 0.119 e. The van der Waals surface area contributed by atoms with E-state index in [1.54, 1.807) is 13.3 Å². The summed E-state index contributed by atoms with van der Waals surface area (Å²) in [6.07, 6.45) is 1.15. The molecule has 1 atom stereocenters. The second-order valence-electron chi connectivity index (χ2n) is 3.41. The zero-order chi connectivity index (χ0) is 10.8. The average molecular weight is 206 g/mol. The van der Waals surface area contributed by atoms with Crippen LogP contribution in [0.2, 0.25) is 0 Å². The largest absolute Gasteiger partial charge is 0.497 e. The third-order valence-corrected chi connectivity index (χ3v) is 2.50. The van der Waals surface area contributed by atoms with Gasteiger partial charge in [-0.2, -0.15) is 0 Å². The van der Waals surface area contributed by atoms with Crippen LogP contribution in [-0.4, -0.2) is 23.7 Å². The number of H-pyrrole nitrogens is 1. The zero-order valence-electron chi connectivity index (χ0n) is 8.53. The van der Waals surface area contributed by atoms with E-state index in [1.807, 2.05) is 18.2 Å². The van der Waals surface area contributed by atoms with Crippen LogP contribution in [0.3, 0.4) is 0 Å². The number of ether oxygens (including phenoxy) is 1. The molecule has 2 aromatic rings. The molecule has 0 spiro atoms. The summed E-state index contributed by atoms with van der Waals surface area (Å²) in [5.41, 5.74) is 7.21. The van der Waals surface area contributed by atoms with Gasteiger partial charge in [0.2, 0.25) is 0 Å². The van der Waals surface area contributed by atoms with Gasteiger partial charge in [0, 0.05) is 29.2 Å². The van der Waals surface area contributed by atoms with Gasteiger partial charge in [-0.3, -0.25) is 0 Å². The van der Waals surface area contributed by atoms with Crippen molar-refractivity contribution in [3.63, 3.8) is 0 Å². The van der Waals surface area contributed by atoms with Gasteiger partial charge < -0.3 is 20.6 Å². The Balaban J connectivity index is 2.56. The smallest absolute Gasteiger partial charge is 0.119 e. The number of aromatic amines is 1. The summed E-state index contributed by atoms with van der Waals surface area (Å²) in [4.78, 5) is 3.08. The Morgan fingerprint density at radius 1 is 1.53 bits per heavy atom. The summed E-state index contributed by atoms with van der Waals surface area (Å²) < 4.78 is 5.13. The number of hydrogen-bond donors (Lipinski definition) is 3. The third-order valence-electron chi connectivity index (χ3n) is 2.50. The highest BCUT2D eigenvalue weighted by Gasteiger charge is 2.11. The van der Waals surface area contributed by atoms with E-state index < -0.39 is 6.10 Å². The number of hydrogen-bond acceptors (Lipinski definition) is 3. The van der Waals surface area contributed by atoms with Crippen molar-refractivity contribution in [3.8, 4) is 5.75 Å². The van der Waals surface area contributed by atoms with Gasteiger partial charge in [-0.15, -0.1) is 0 Å². The van der Waals surface area contributed by atoms with E-state index in [1.165, 1.54) is 0 Å². The highest BCUT2D eigenvalue weighted by molar-refractivity contribution is 5.85. The van der Waals surface area contributed by atoms with Crippen molar-refractivity contribution in [1.82, 2.24) is 4.98 Å². The van der Waals surface area contributed by atoms with Gasteiger partial charge in [-0.05, 0) is 18.2 Å². The van der Waals surface area contributed by atoms with Gasteiger partial charge >= 0.3 is 0 Å². The maximum absolute atomic E-state index is 9.69. The van der Waals surface area contributed by atoms with E-state index in [0.717, 1.165) is 22.2 Å². The molecule has 0 aliphatic carbocycles. The Hall–Kier alpha value is -1.52. The van der Waals surface area contributed by atoms with E-state index >= 15 is 0 Å². The number of rotatable bonds is 3. The summed E-state index contributed by atoms with van der Waals surface area (Å²) in [6, 6.07) is 5.68. The minimum atomic E-state index is -0.633. The first-order valence-corrected chi connectivity index (χ1v) is 4.79. The van der Waals surface area contributed by atoms with Crippen LogP contribution in [0, 0.1) is 0 Å². The molecule has 1 heterocycles. The highest BCUT2D eigenvalue weighted by Crippen LogP contribution is 2.27. The van der Waals surface area contributed by atoms with Gasteiger partial charge in [0.15, 0.2) is 0 Å². The second-order valence-corrected chi connectivity index (χ2v) is 3.41. The molecule has 2 rings (SSSR count). The number of nitrogens with one attached hydrogen (secondary N) is 1. The van der Waals surface area contributed by atoms with E-state index in [-0.39, 0.29) is 6.54 Å². The topological polar surface area (TPSA) is 71.3 Å². The molecule has 1 aromatic heterocycles. The SMILES string of the molecule is COc1ccc2[nH]cc([C@H](O)CN)c2c1. The molecule has 0 aliphatic heterocycles. The van der Waals surface area contributed by atoms with Gasteiger partial charge in [0.05, 0.1) is 13.2 Å². The molecule has 0 unspecified atom stereocenters. The zero-order valence-corrected chi connectivity index (χ0v) is 8.53. The van der Waals surface area contributed by atoms with E-state index in [0.29, 0.717) is 0 Å². The molecule has 15 heavy (non-hydrogen) atoms. The lowest BCUT2D eigenvalue weighted by Gasteiger charge is -2.06. The van der Waals surface area contributed by atoms with Crippen molar-refractivity contribution in [3.05, 3.63) is 30.0 Å². The molecular formula is C11H14N2O2. The predicted molar refractivity (Wildman–Crippen MR) is 58.9 cm³/mol. The number of benzene rings is 1. The van der Waals surface area contributed by atoms with Crippen molar-refractivity contribution >= 4 is 10.9 Å². The van der Waals surface area contributed by atoms with E-state index in [4.69, 9.17) is 10.5 Å². The van der Waals surface area contributed by atoms with Crippen LogP contribution in [0.5, 0.6) is 5.75 Å². The van der Waals surface area contributed by atoms with Crippen LogP contribution < -0.4 is 10.5 Å². The molecule has 0 radical (unpaired) electrons. The van der Waals surface area contributed by atoms with Crippen LogP contribution in [0.25, 0.3) is 10.9 Å². The van der Waals surface area contributed by atoms with Crippen molar-refractivity contribution < 1.29 is 9.84 Å². The predicted octanol–water partition coefficient (Wildman–Crippen LogP) is 1.17. The Labute approximate surface area is 87.7 Å². The molecule has 0 bridgehead atoms. The fourth-order valence-electron chi connectivity index (χ4n) is 1.65. The Morgan fingerprint density at radius 3 is 3.00 bits per heavy atom. The molecule has 0 amide bonds. The minimum Gasteiger partial charge on any atom is -0.497 e. The normalized spacial score (nSPS) is 13.0. The molecule has 4 heteroatoms. The van der Waals surface area contributed by atoms with Crippen LogP contribution >= 0.6 is 0 Å². The molecule has 4 nitrogen and oxygen atoms in total. The first-order chi connectivity index (χ1) is 7.26. The molecule has 4 N–H and O–H groups in total. The number of aliphatic hydroxyl groups is 1. The van der Waals surface area contributed by atoms with Gasteiger partial charge in [0.1, 0.15) is 5.75 Å². The quantitative estimate of drug-likeness (QED) is 0.706. The Morgan fingerprint density at radius 2 is 2.33 bits per heavy atom. The number of methoxy groups -OCH3 is 1. The van der Waals surface area contributed by atoms with Crippen LogP contribution in [0.4, 0.5) is 0 Å². The lowest BCUT2D eigenvalue weighted by Crippen LogP contribution is -2.10. The van der Waals surface area contributed by atoms with Crippen molar-refractivity contribution in [2.45, 2.75) is 6.10 Å². The summed E-state index contributed by atoms with van der Waals surface area (Å²) in [5.74, 6) is 0.771. The third kappa shape index (κ3) is 1.69. The monoisotopic (exact) mass is 206 g/mol. The molecule has 80 valence electrons. The minimum absolute atomic E-state index is 0.212. The first kappa shape index (κ1) is 10.0. The average Bonchev–Trinajstić information content (AvgIpc) is 2.70. The molecule has 0 aliphatic rings. The van der Waals surface area contributed by atoms with Crippen molar-refractivity contribution in [2.75, 3.05) is 13.7 Å². The lowest BCUT2D eigenvalue weighted by atomic mass is 10.1. The Bertz CT molecular complexity index is 465. The van der Waals surface area contributed by atoms with Crippen LogP contribution in [0.15, 0.2) is 24.4 Å². The van der Waals surface area contributed by atoms with E-state index in [9.17, 15) is 5.11 Å². The summed E-state index contributed by atoms with van der Waals surface area (Å²) in [5, 5.41) is 10.6. The number of aromatic nitrogens is 1. The molecule has 0 saturated heterocycles. The van der Waals surface area contributed by atoms with Gasteiger partial charge in [0.25, 0.3) is 0 Å². The summed E-state index contributed by atoms with van der Waals surface area (Å²) in [6.45, 7) is 0.212. The van der Waals surface area contributed by atoms with Crippen LogP contribution in [0.1, 0.15) is 11.7 Å². The fraction of sp³-hybridized carbons (Fsp3) is 0.273. The maximum atomic E-state index is 9.69. The number of nitrogens with two attached hydrogens (primary N) is 1. The fourth-order valence-corrected chi connectivity index (χ4v) is 1.65.